The number of phenolic OH excluding ortho intramolecular Hbond substituents is 1. The number of rotatable bonds is 3. The minimum Gasteiger partial charge on any atom is -0.504 e. The topological polar surface area (TPSA) is 41.5 Å². The highest BCUT2D eigenvalue weighted by Gasteiger charge is 2.22. The summed E-state index contributed by atoms with van der Waals surface area (Å²) in [6.07, 6.45) is 3.34. The van der Waals surface area contributed by atoms with Gasteiger partial charge in [0, 0.05) is 16.6 Å². The lowest BCUT2D eigenvalue weighted by atomic mass is 9.94. The molecular formula is C15H16ClNO2S. The van der Waals surface area contributed by atoms with Crippen LogP contribution in [-0.2, 0) is 6.42 Å². The Bertz CT molecular complexity index is 626. The van der Waals surface area contributed by atoms with Crippen LogP contribution in [0.3, 0.4) is 0 Å². The van der Waals surface area contributed by atoms with Crippen LogP contribution in [0.25, 0.3) is 0 Å². The molecule has 1 aliphatic carbocycles. The van der Waals surface area contributed by atoms with Crippen molar-refractivity contribution in [1.82, 2.24) is 0 Å². The van der Waals surface area contributed by atoms with Gasteiger partial charge in [-0.05, 0) is 43.0 Å². The van der Waals surface area contributed by atoms with Gasteiger partial charge in [0.1, 0.15) is 0 Å². The molecule has 0 spiro atoms. The Kier molecular flexibility index (Phi) is 3.76. The number of anilines is 1. The van der Waals surface area contributed by atoms with Crippen molar-refractivity contribution in [3.05, 3.63) is 39.0 Å². The van der Waals surface area contributed by atoms with Gasteiger partial charge < -0.3 is 15.2 Å². The Hall–Kier alpha value is -1.39. The first-order valence-corrected chi connectivity index (χ1v) is 7.78. The summed E-state index contributed by atoms with van der Waals surface area (Å²) in [6, 6.07) is 7.70. The van der Waals surface area contributed by atoms with E-state index < -0.39 is 0 Å². The van der Waals surface area contributed by atoms with Crippen molar-refractivity contribution in [2.75, 3.05) is 12.4 Å². The Morgan fingerprint density at radius 3 is 3.00 bits per heavy atom. The molecule has 1 aromatic carbocycles. The second kappa shape index (κ2) is 5.54. The molecule has 2 N–H and O–H groups in total. The maximum atomic E-state index is 9.84. The van der Waals surface area contributed by atoms with Crippen LogP contribution in [0, 0.1) is 0 Å². The van der Waals surface area contributed by atoms with Crippen molar-refractivity contribution in [1.29, 1.82) is 0 Å². The van der Waals surface area contributed by atoms with Crippen LogP contribution >= 0.6 is 22.9 Å². The van der Waals surface area contributed by atoms with Crippen LogP contribution in [0.1, 0.15) is 29.3 Å². The van der Waals surface area contributed by atoms with Crippen molar-refractivity contribution in [2.45, 2.75) is 25.3 Å². The van der Waals surface area contributed by atoms with Crippen LogP contribution in [0.4, 0.5) is 5.69 Å². The Morgan fingerprint density at radius 1 is 1.40 bits per heavy atom. The molecule has 1 aromatic heterocycles. The van der Waals surface area contributed by atoms with Crippen molar-refractivity contribution in [2.24, 2.45) is 0 Å². The highest BCUT2D eigenvalue weighted by atomic mass is 35.5. The van der Waals surface area contributed by atoms with Crippen LogP contribution < -0.4 is 10.1 Å². The zero-order valence-electron chi connectivity index (χ0n) is 11.1. The third-order valence-corrected chi connectivity index (χ3v) is 4.94. The molecule has 1 aliphatic rings. The number of hydrogen-bond donors (Lipinski definition) is 2. The van der Waals surface area contributed by atoms with Gasteiger partial charge in [0.15, 0.2) is 11.5 Å². The fourth-order valence-electron chi connectivity index (χ4n) is 2.65. The molecule has 0 radical (unpaired) electrons. The van der Waals surface area contributed by atoms with E-state index in [0.29, 0.717) is 5.75 Å². The highest BCUT2D eigenvalue weighted by Crippen LogP contribution is 2.40. The molecule has 3 nitrogen and oxygen atoms in total. The summed E-state index contributed by atoms with van der Waals surface area (Å²) < 4.78 is 5.90. The van der Waals surface area contributed by atoms with Gasteiger partial charge in [0.05, 0.1) is 17.5 Å². The Morgan fingerprint density at radius 2 is 2.25 bits per heavy atom. The molecule has 0 saturated heterocycles. The molecule has 106 valence electrons. The van der Waals surface area contributed by atoms with E-state index in [1.807, 2.05) is 6.07 Å². The zero-order valence-corrected chi connectivity index (χ0v) is 12.7. The lowest BCUT2D eigenvalue weighted by Gasteiger charge is -2.24. The number of hydrogen-bond acceptors (Lipinski definition) is 4. The Labute approximate surface area is 127 Å². The summed E-state index contributed by atoms with van der Waals surface area (Å²) in [6.45, 7) is 0. The largest absolute Gasteiger partial charge is 0.504 e. The molecule has 0 amide bonds. The van der Waals surface area contributed by atoms with Gasteiger partial charge >= 0.3 is 0 Å². The van der Waals surface area contributed by atoms with Crippen LogP contribution in [0.2, 0.25) is 4.34 Å². The maximum absolute atomic E-state index is 9.84. The zero-order chi connectivity index (χ0) is 14.1. The summed E-state index contributed by atoms with van der Waals surface area (Å²) in [5.74, 6) is 0.635. The standard InChI is InChI=1S/C15H16ClNO2S/c1-19-13-6-5-9(7-12(13)18)17-11-3-2-4-14-10(11)8-15(16)20-14/h5-8,11,17-18H,2-4H2,1H3. The van der Waals surface area contributed by atoms with Gasteiger partial charge in [0.2, 0.25) is 0 Å². The number of halogens is 1. The molecule has 0 saturated carbocycles. The van der Waals surface area contributed by atoms with E-state index in [0.717, 1.165) is 29.3 Å². The van der Waals surface area contributed by atoms with Crippen molar-refractivity contribution >= 4 is 28.6 Å². The summed E-state index contributed by atoms with van der Waals surface area (Å²) >= 11 is 7.79. The normalized spacial score (nSPS) is 17.6. The fraction of sp³-hybridized carbons (Fsp3) is 0.333. The lowest BCUT2D eigenvalue weighted by Crippen LogP contribution is -2.15. The quantitative estimate of drug-likeness (QED) is 0.870. The highest BCUT2D eigenvalue weighted by molar-refractivity contribution is 7.16. The number of thiophene rings is 1. The monoisotopic (exact) mass is 309 g/mol. The number of methoxy groups -OCH3 is 1. The third-order valence-electron chi connectivity index (χ3n) is 3.60. The molecule has 1 heterocycles. The minimum atomic E-state index is 0.150. The molecule has 2 aromatic rings. The predicted molar refractivity (Wildman–Crippen MR) is 83.3 cm³/mol. The second-order valence-electron chi connectivity index (χ2n) is 4.90. The van der Waals surface area contributed by atoms with E-state index in [9.17, 15) is 5.11 Å². The van der Waals surface area contributed by atoms with Gasteiger partial charge in [0.25, 0.3) is 0 Å². The van der Waals surface area contributed by atoms with E-state index in [-0.39, 0.29) is 11.8 Å². The summed E-state index contributed by atoms with van der Waals surface area (Å²) in [4.78, 5) is 1.37. The first-order chi connectivity index (χ1) is 9.67. The molecule has 0 bridgehead atoms. The predicted octanol–water partition coefficient (Wildman–Crippen LogP) is 4.61. The molecule has 1 unspecified atom stereocenters. The van der Waals surface area contributed by atoms with Gasteiger partial charge in [-0.1, -0.05) is 11.6 Å². The summed E-state index contributed by atoms with van der Waals surface area (Å²) in [5, 5.41) is 13.3. The van der Waals surface area contributed by atoms with Crippen LogP contribution in [0.15, 0.2) is 24.3 Å². The number of ether oxygens (including phenoxy) is 1. The maximum Gasteiger partial charge on any atom is 0.160 e. The van der Waals surface area contributed by atoms with E-state index in [4.69, 9.17) is 16.3 Å². The number of aromatic hydroxyl groups is 1. The summed E-state index contributed by atoms with van der Waals surface area (Å²) in [5.41, 5.74) is 2.19. The number of nitrogens with one attached hydrogen (secondary N) is 1. The number of aryl methyl sites for hydroxylation is 1. The van der Waals surface area contributed by atoms with Gasteiger partial charge in [-0.25, -0.2) is 0 Å². The van der Waals surface area contributed by atoms with Crippen molar-refractivity contribution in [3.8, 4) is 11.5 Å². The average Bonchev–Trinajstić information content (AvgIpc) is 2.80. The number of benzene rings is 1. The molecule has 1 atom stereocenters. The molecule has 0 aliphatic heterocycles. The number of phenols is 1. The lowest BCUT2D eigenvalue weighted by molar-refractivity contribution is 0.373. The van der Waals surface area contributed by atoms with E-state index in [1.54, 1.807) is 30.6 Å². The molecular weight excluding hydrogens is 294 g/mol. The Balaban J connectivity index is 1.83. The van der Waals surface area contributed by atoms with Crippen LogP contribution in [0.5, 0.6) is 11.5 Å². The SMILES string of the molecule is COc1ccc(NC2CCCc3sc(Cl)cc32)cc1O. The first kappa shape index (κ1) is 13.6. The molecule has 3 rings (SSSR count). The molecule has 5 heteroatoms. The van der Waals surface area contributed by atoms with Gasteiger partial charge in [-0.2, -0.15) is 0 Å². The second-order valence-corrected chi connectivity index (χ2v) is 6.67. The van der Waals surface area contributed by atoms with Gasteiger partial charge in [-0.15, -0.1) is 11.3 Å². The summed E-state index contributed by atoms with van der Waals surface area (Å²) in [7, 11) is 1.54. The van der Waals surface area contributed by atoms with E-state index in [1.165, 1.54) is 10.4 Å². The van der Waals surface area contributed by atoms with Crippen LogP contribution in [-0.4, -0.2) is 12.2 Å². The molecule has 20 heavy (non-hydrogen) atoms. The first-order valence-electron chi connectivity index (χ1n) is 6.59. The van der Waals surface area contributed by atoms with Gasteiger partial charge in [-0.3, -0.25) is 0 Å². The average molecular weight is 310 g/mol. The van der Waals surface area contributed by atoms with E-state index >= 15 is 0 Å². The smallest absolute Gasteiger partial charge is 0.160 e. The fourth-order valence-corrected chi connectivity index (χ4v) is 4.04. The third kappa shape index (κ3) is 2.58. The number of fused-ring (bicyclic) bond motifs is 1. The van der Waals surface area contributed by atoms with Crippen molar-refractivity contribution < 1.29 is 9.84 Å². The van der Waals surface area contributed by atoms with E-state index in [2.05, 4.69) is 11.4 Å². The minimum absolute atomic E-state index is 0.150. The molecule has 0 fully saturated rings. The van der Waals surface area contributed by atoms with Crippen molar-refractivity contribution in [3.63, 3.8) is 0 Å².